The number of amides is 1. The Labute approximate surface area is 115 Å². The molecule has 2 heterocycles. The van der Waals surface area contributed by atoms with Crippen LogP contribution in [0.2, 0.25) is 0 Å². The van der Waals surface area contributed by atoms with E-state index in [4.69, 9.17) is 5.11 Å². The molecule has 2 aromatic rings. The van der Waals surface area contributed by atoms with Crippen molar-refractivity contribution in [2.75, 3.05) is 13.1 Å². The molecule has 0 radical (unpaired) electrons. The quantitative estimate of drug-likeness (QED) is 0.879. The van der Waals surface area contributed by atoms with Gasteiger partial charge >= 0.3 is 5.97 Å². The summed E-state index contributed by atoms with van der Waals surface area (Å²) in [6.45, 7) is 0.515. The Morgan fingerprint density at radius 2 is 1.95 bits per heavy atom. The molecule has 6 nitrogen and oxygen atoms in total. The molecule has 0 aliphatic carbocycles. The number of benzene rings is 1. The highest BCUT2D eigenvalue weighted by Crippen LogP contribution is 2.25. The number of aromatic amines is 1. The molecule has 20 heavy (non-hydrogen) atoms. The first-order valence-electron chi connectivity index (χ1n) is 6.27. The van der Waals surface area contributed by atoms with Crippen molar-refractivity contribution in [1.82, 2.24) is 15.1 Å². The van der Waals surface area contributed by atoms with E-state index < -0.39 is 11.9 Å². The van der Waals surface area contributed by atoms with Gasteiger partial charge in [0.15, 0.2) is 0 Å². The smallest absolute Gasteiger partial charge is 0.310 e. The van der Waals surface area contributed by atoms with Crippen molar-refractivity contribution >= 4 is 11.9 Å². The van der Waals surface area contributed by atoms with E-state index in [9.17, 15) is 9.59 Å². The second-order valence-electron chi connectivity index (χ2n) is 4.77. The summed E-state index contributed by atoms with van der Waals surface area (Å²) in [4.78, 5) is 24.6. The first-order valence-corrected chi connectivity index (χ1v) is 6.27. The molecule has 0 unspecified atom stereocenters. The zero-order valence-electron chi connectivity index (χ0n) is 10.6. The number of rotatable bonds is 3. The highest BCUT2D eigenvalue weighted by atomic mass is 16.4. The normalized spacial score (nSPS) is 14.9. The molecule has 2 N–H and O–H groups in total. The number of nitrogens with zero attached hydrogens (tertiary/aromatic N) is 2. The summed E-state index contributed by atoms with van der Waals surface area (Å²) < 4.78 is 0. The number of nitrogens with one attached hydrogen (secondary N) is 1. The number of aromatic nitrogens is 2. The Bertz CT molecular complexity index is 645. The van der Waals surface area contributed by atoms with Gasteiger partial charge in [-0.15, -0.1) is 0 Å². The van der Waals surface area contributed by atoms with Gasteiger partial charge in [0.1, 0.15) is 0 Å². The average molecular weight is 271 g/mol. The van der Waals surface area contributed by atoms with Gasteiger partial charge < -0.3 is 10.0 Å². The molecule has 1 fully saturated rings. The van der Waals surface area contributed by atoms with Crippen LogP contribution in [0.4, 0.5) is 0 Å². The van der Waals surface area contributed by atoms with Crippen LogP contribution in [-0.2, 0) is 4.79 Å². The lowest BCUT2D eigenvalue weighted by Crippen LogP contribution is -2.53. The van der Waals surface area contributed by atoms with Gasteiger partial charge in [0, 0.05) is 18.7 Å². The van der Waals surface area contributed by atoms with Crippen LogP contribution in [0.5, 0.6) is 0 Å². The van der Waals surface area contributed by atoms with Gasteiger partial charge in [-0.05, 0) is 0 Å². The average Bonchev–Trinajstić information content (AvgIpc) is 2.86. The number of hydrogen-bond donors (Lipinski definition) is 2. The molecule has 1 aromatic carbocycles. The van der Waals surface area contributed by atoms with Crippen LogP contribution in [0.25, 0.3) is 11.3 Å². The van der Waals surface area contributed by atoms with Crippen LogP contribution in [0, 0.1) is 5.92 Å². The Hall–Kier alpha value is -2.63. The first kappa shape index (κ1) is 12.4. The molecule has 0 spiro atoms. The fourth-order valence-corrected chi connectivity index (χ4v) is 2.24. The molecule has 0 saturated carbocycles. The van der Waals surface area contributed by atoms with Gasteiger partial charge in [0.05, 0.1) is 23.4 Å². The Balaban J connectivity index is 1.81. The molecular weight excluding hydrogens is 258 g/mol. The number of carboxylic acids is 1. The highest BCUT2D eigenvalue weighted by Gasteiger charge is 2.37. The molecule has 102 valence electrons. The van der Waals surface area contributed by atoms with E-state index in [0.29, 0.717) is 11.3 Å². The largest absolute Gasteiger partial charge is 0.481 e. The minimum absolute atomic E-state index is 0.185. The van der Waals surface area contributed by atoms with Crippen molar-refractivity contribution < 1.29 is 14.7 Å². The summed E-state index contributed by atoms with van der Waals surface area (Å²) in [7, 11) is 0. The number of carbonyl (C=O) groups excluding carboxylic acids is 1. The Kier molecular flexibility index (Phi) is 2.98. The van der Waals surface area contributed by atoms with Crippen LogP contribution in [0.1, 0.15) is 10.4 Å². The lowest BCUT2D eigenvalue weighted by molar-refractivity contribution is -0.146. The lowest BCUT2D eigenvalue weighted by Gasteiger charge is -2.36. The number of H-pyrrole nitrogens is 1. The van der Waals surface area contributed by atoms with Gasteiger partial charge in [0.2, 0.25) is 0 Å². The first-order chi connectivity index (χ1) is 9.66. The molecule has 3 rings (SSSR count). The predicted molar refractivity (Wildman–Crippen MR) is 71.1 cm³/mol. The van der Waals surface area contributed by atoms with Crippen molar-refractivity contribution in [2.45, 2.75) is 0 Å². The second kappa shape index (κ2) is 4.80. The van der Waals surface area contributed by atoms with Crippen LogP contribution >= 0.6 is 0 Å². The third-order valence-corrected chi connectivity index (χ3v) is 3.45. The number of carbonyl (C=O) groups is 2. The van der Waals surface area contributed by atoms with Crippen molar-refractivity contribution in [3.8, 4) is 11.3 Å². The fraction of sp³-hybridized carbons (Fsp3) is 0.214. The molecule has 1 aliphatic rings. The third kappa shape index (κ3) is 2.05. The number of carboxylic acid groups (broad SMARTS) is 1. The van der Waals surface area contributed by atoms with Gasteiger partial charge in [-0.3, -0.25) is 14.7 Å². The molecular formula is C14H13N3O3. The van der Waals surface area contributed by atoms with Crippen molar-refractivity contribution in [3.05, 3.63) is 42.1 Å². The second-order valence-corrected chi connectivity index (χ2v) is 4.77. The van der Waals surface area contributed by atoms with Crippen LogP contribution in [0.15, 0.2) is 36.5 Å². The number of aliphatic carboxylic acids is 1. The van der Waals surface area contributed by atoms with E-state index in [1.165, 1.54) is 11.1 Å². The van der Waals surface area contributed by atoms with Crippen LogP contribution < -0.4 is 0 Å². The Morgan fingerprint density at radius 1 is 1.25 bits per heavy atom. The number of likely N-dealkylation sites (tertiary alicyclic amines) is 1. The van der Waals surface area contributed by atoms with E-state index in [2.05, 4.69) is 10.2 Å². The zero-order valence-corrected chi connectivity index (χ0v) is 10.6. The van der Waals surface area contributed by atoms with Gasteiger partial charge in [-0.25, -0.2) is 0 Å². The summed E-state index contributed by atoms with van der Waals surface area (Å²) >= 11 is 0. The topological polar surface area (TPSA) is 86.3 Å². The predicted octanol–water partition coefficient (Wildman–Crippen LogP) is 1.23. The van der Waals surface area contributed by atoms with Crippen LogP contribution in [0.3, 0.4) is 0 Å². The summed E-state index contributed by atoms with van der Waals surface area (Å²) in [5.74, 6) is -1.49. The maximum Gasteiger partial charge on any atom is 0.310 e. The molecule has 0 bridgehead atoms. The third-order valence-electron chi connectivity index (χ3n) is 3.45. The molecule has 1 aliphatic heterocycles. The van der Waals surface area contributed by atoms with Crippen molar-refractivity contribution in [3.63, 3.8) is 0 Å². The van der Waals surface area contributed by atoms with E-state index in [1.807, 2.05) is 30.3 Å². The fourth-order valence-electron chi connectivity index (χ4n) is 2.24. The standard InChI is InChI=1S/C14H13N3O3/c18-13(17-7-10(8-17)14(19)20)11-6-15-16-12(11)9-4-2-1-3-5-9/h1-6,10H,7-8H2,(H,15,16)(H,19,20). The zero-order chi connectivity index (χ0) is 14.1. The van der Waals surface area contributed by atoms with Crippen LogP contribution in [-0.4, -0.2) is 45.2 Å². The molecule has 0 atom stereocenters. The molecule has 1 saturated heterocycles. The van der Waals surface area contributed by atoms with Crippen molar-refractivity contribution in [1.29, 1.82) is 0 Å². The maximum atomic E-state index is 12.3. The molecule has 1 amide bonds. The summed E-state index contributed by atoms with van der Waals surface area (Å²) in [6, 6.07) is 9.44. The summed E-state index contributed by atoms with van der Waals surface area (Å²) in [5.41, 5.74) is 2.01. The van der Waals surface area contributed by atoms with E-state index >= 15 is 0 Å². The SMILES string of the molecule is O=C(O)C1CN(C(=O)c2cn[nH]c2-c2ccccc2)C1. The maximum absolute atomic E-state index is 12.3. The van der Waals surface area contributed by atoms with Gasteiger partial charge in [0.25, 0.3) is 5.91 Å². The molecule has 6 heteroatoms. The highest BCUT2D eigenvalue weighted by molar-refractivity contribution is 6.00. The Morgan fingerprint density at radius 3 is 2.60 bits per heavy atom. The summed E-state index contributed by atoms with van der Waals surface area (Å²) in [5, 5.41) is 15.6. The summed E-state index contributed by atoms with van der Waals surface area (Å²) in [6.07, 6.45) is 1.48. The van der Waals surface area contributed by atoms with Crippen molar-refractivity contribution in [2.24, 2.45) is 5.92 Å². The molecule has 1 aromatic heterocycles. The van der Waals surface area contributed by atoms with Gasteiger partial charge in [-0.1, -0.05) is 30.3 Å². The monoisotopic (exact) mass is 271 g/mol. The lowest BCUT2D eigenvalue weighted by atomic mass is 9.98. The minimum atomic E-state index is -0.857. The number of hydrogen-bond acceptors (Lipinski definition) is 3. The van der Waals surface area contributed by atoms with E-state index in [1.54, 1.807) is 0 Å². The van der Waals surface area contributed by atoms with E-state index in [0.717, 1.165) is 5.56 Å². The van der Waals surface area contributed by atoms with Gasteiger partial charge in [-0.2, -0.15) is 5.10 Å². The van der Waals surface area contributed by atoms with E-state index in [-0.39, 0.29) is 19.0 Å². The minimum Gasteiger partial charge on any atom is -0.481 e.